The quantitative estimate of drug-likeness (QED) is 0.850. The highest BCUT2D eigenvalue weighted by Gasteiger charge is 2.37. The first kappa shape index (κ1) is 14.3. The first-order valence-corrected chi connectivity index (χ1v) is 8.52. The van der Waals surface area contributed by atoms with Gasteiger partial charge in [-0.1, -0.05) is 6.42 Å². The lowest BCUT2D eigenvalue weighted by molar-refractivity contribution is -0.138. The van der Waals surface area contributed by atoms with Gasteiger partial charge in [-0.25, -0.2) is 0 Å². The van der Waals surface area contributed by atoms with E-state index in [9.17, 15) is 4.79 Å². The Labute approximate surface area is 122 Å². The average molecular weight is 279 g/mol. The molecule has 0 aromatic carbocycles. The van der Waals surface area contributed by atoms with Crippen LogP contribution in [0.2, 0.25) is 0 Å². The van der Waals surface area contributed by atoms with Gasteiger partial charge in [-0.3, -0.25) is 9.69 Å². The molecule has 2 heterocycles. The van der Waals surface area contributed by atoms with Crippen molar-refractivity contribution in [1.29, 1.82) is 0 Å². The molecule has 114 valence electrons. The summed E-state index contributed by atoms with van der Waals surface area (Å²) in [5.41, 5.74) is 5.84. The van der Waals surface area contributed by atoms with E-state index in [1.165, 1.54) is 45.2 Å². The van der Waals surface area contributed by atoms with Gasteiger partial charge in [0.15, 0.2) is 0 Å². The van der Waals surface area contributed by atoms with Gasteiger partial charge < -0.3 is 10.6 Å². The third-order valence-corrected chi connectivity index (χ3v) is 5.64. The molecule has 1 saturated carbocycles. The number of amides is 1. The largest absolute Gasteiger partial charge is 0.341 e. The van der Waals surface area contributed by atoms with Crippen molar-refractivity contribution in [3.63, 3.8) is 0 Å². The molecule has 1 amide bonds. The molecule has 2 saturated heterocycles. The van der Waals surface area contributed by atoms with Crippen LogP contribution in [0.1, 0.15) is 44.9 Å². The number of nitrogens with zero attached hydrogens (tertiary/aromatic N) is 2. The van der Waals surface area contributed by atoms with E-state index in [1.807, 2.05) is 0 Å². The molecule has 2 N–H and O–H groups in total. The SMILES string of the molecule is NCC1CCCC1C(=O)N1CCCC(N2CCCC2)C1. The van der Waals surface area contributed by atoms with Crippen LogP contribution in [0.5, 0.6) is 0 Å². The van der Waals surface area contributed by atoms with Crippen LogP contribution in [0.3, 0.4) is 0 Å². The van der Waals surface area contributed by atoms with E-state index in [-0.39, 0.29) is 5.92 Å². The predicted molar refractivity (Wildman–Crippen MR) is 80.3 cm³/mol. The first-order valence-electron chi connectivity index (χ1n) is 8.52. The van der Waals surface area contributed by atoms with Crippen LogP contribution in [-0.4, -0.2) is 54.5 Å². The summed E-state index contributed by atoms with van der Waals surface area (Å²) in [4.78, 5) is 17.5. The van der Waals surface area contributed by atoms with Crippen molar-refractivity contribution in [3.05, 3.63) is 0 Å². The highest BCUT2D eigenvalue weighted by molar-refractivity contribution is 5.79. The summed E-state index contributed by atoms with van der Waals surface area (Å²) in [5.74, 6) is 1.06. The van der Waals surface area contributed by atoms with E-state index in [0.717, 1.165) is 25.9 Å². The third kappa shape index (κ3) is 2.86. The Hall–Kier alpha value is -0.610. The molecular formula is C16H29N3O. The summed E-state index contributed by atoms with van der Waals surface area (Å²) in [7, 11) is 0. The topological polar surface area (TPSA) is 49.6 Å². The Balaban J connectivity index is 1.59. The maximum Gasteiger partial charge on any atom is 0.226 e. The molecule has 3 atom stereocenters. The van der Waals surface area contributed by atoms with Crippen LogP contribution in [0.4, 0.5) is 0 Å². The summed E-state index contributed by atoms with van der Waals surface area (Å²) in [5, 5.41) is 0. The molecule has 3 fully saturated rings. The Morgan fingerprint density at radius 3 is 2.55 bits per heavy atom. The standard InChI is InChI=1S/C16H29N3O/c17-11-13-5-3-7-15(13)16(20)19-10-4-6-14(12-19)18-8-1-2-9-18/h13-15H,1-12,17H2. The van der Waals surface area contributed by atoms with E-state index < -0.39 is 0 Å². The Bertz CT molecular complexity index is 341. The Morgan fingerprint density at radius 2 is 1.80 bits per heavy atom. The van der Waals surface area contributed by atoms with E-state index in [4.69, 9.17) is 5.73 Å². The molecule has 4 nitrogen and oxygen atoms in total. The van der Waals surface area contributed by atoms with Gasteiger partial charge >= 0.3 is 0 Å². The monoisotopic (exact) mass is 279 g/mol. The second kappa shape index (κ2) is 6.44. The molecule has 0 radical (unpaired) electrons. The molecule has 0 aromatic rings. The lowest BCUT2D eigenvalue weighted by atomic mass is 9.93. The number of hydrogen-bond donors (Lipinski definition) is 1. The van der Waals surface area contributed by atoms with Gasteiger partial charge in [0.05, 0.1) is 0 Å². The fourth-order valence-corrected chi connectivity index (χ4v) is 4.44. The number of rotatable bonds is 3. The molecular weight excluding hydrogens is 250 g/mol. The van der Waals surface area contributed by atoms with Crippen molar-refractivity contribution in [3.8, 4) is 0 Å². The average Bonchev–Trinajstić information content (AvgIpc) is 3.17. The zero-order valence-corrected chi connectivity index (χ0v) is 12.6. The van der Waals surface area contributed by atoms with E-state index in [2.05, 4.69) is 9.80 Å². The van der Waals surface area contributed by atoms with Gasteiger partial charge in [0, 0.05) is 25.0 Å². The van der Waals surface area contributed by atoms with Crippen molar-refractivity contribution in [1.82, 2.24) is 9.80 Å². The number of carbonyl (C=O) groups is 1. The van der Waals surface area contributed by atoms with Crippen LogP contribution in [-0.2, 0) is 4.79 Å². The smallest absolute Gasteiger partial charge is 0.226 e. The van der Waals surface area contributed by atoms with Crippen LogP contribution in [0, 0.1) is 11.8 Å². The van der Waals surface area contributed by atoms with E-state index >= 15 is 0 Å². The zero-order valence-electron chi connectivity index (χ0n) is 12.6. The number of piperidine rings is 1. The molecule has 0 spiro atoms. The van der Waals surface area contributed by atoms with Crippen molar-refractivity contribution in [2.45, 2.75) is 51.0 Å². The van der Waals surface area contributed by atoms with Crippen LogP contribution < -0.4 is 5.73 Å². The van der Waals surface area contributed by atoms with Crippen LogP contribution >= 0.6 is 0 Å². The molecule has 1 aliphatic carbocycles. The van der Waals surface area contributed by atoms with Crippen molar-refractivity contribution in [2.24, 2.45) is 17.6 Å². The summed E-state index contributed by atoms with van der Waals surface area (Å²) in [6.07, 6.45) is 8.51. The highest BCUT2D eigenvalue weighted by Crippen LogP contribution is 2.33. The number of carbonyl (C=O) groups excluding carboxylic acids is 1. The van der Waals surface area contributed by atoms with Crippen molar-refractivity contribution < 1.29 is 4.79 Å². The van der Waals surface area contributed by atoms with Gasteiger partial charge in [0.2, 0.25) is 5.91 Å². The summed E-state index contributed by atoms with van der Waals surface area (Å²) in [6.45, 7) is 5.09. The normalized spacial score (nSPS) is 35.6. The maximum atomic E-state index is 12.8. The number of likely N-dealkylation sites (tertiary alicyclic amines) is 2. The van der Waals surface area contributed by atoms with Crippen molar-refractivity contribution >= 4 is 5.91 Å². The van der Waals surface area contributed by atoms with Gasteiger partial charge in [0.25, 0.3) is 0 Å². The van der Waals surface area contributed by atoms with Gasteiger partial charge in [-0.15, -0.1) is 0 Å². The molecule has 4 heteroatoms. The second-order valence-corrected chi connectivity index (χ2v) is 6.86. The Kier molecular flexibility index (Phi) is 4.61. The van der Waals surface area contributed by atoms with E-state index in [0.29, 0.717) is 24.4 Å². The first-order chi connectivity index (χ1) is 9.79. The Morgan fingerprint density at radius 1 is 1.00 bits per heavy atom. The van der Waals surface area contributed by atoms with Gasteiger partial charge in [-0.05, 0) is 64.1 Å². The number of hydrogen-bond acceptors (Lipinski definition) is 3. The minimum absolute atomic E-state index is 0.220. The molecule has 20 heavy (non-hydrogen) atoms. The van der Waals surface area contributed by atoms with Gasteiger partial charge in [-0.2, -0.15) is 0 Å². The summed E-state index contributed by atoms with van der Waals surface area (Å²) in [6, 6.07) is 0.618. The molecule has 3 rings (SSSR count). The lowest BCUT2D eigenvalue weighted by Gasteiger charge is -2.39. The minimum Gasteiger partial charge on any atom is -0.341 e. The van der Waals surface area contributed by atoms with Crippen molar-refractivity contribution in [2.75, 3.05) is 32.7 Å². The number of nitrogens with two attached hydrogens (primary N) is 1. The fraction of sp³-hybridized carbons (Fsp3) is 0.938. The van der Waals surface area contributed by atoms with Crippen LogP contribution in [0.15, 0.2) is 0 Å². The minimum atomic E-state index is 0.220. The molecule has 0 aromatic heterocycles. The third-order valence-electron chi connectivity index (χ3n) is 5.64. The second-order valence-electron chi connectivity index (χ2n) is 6.86. The van der Waals surface area contributed by atoms with Gasteiger partial charge in [0.1, 0.15) is 0 Å². The zero-order chi connectivity index (χ0) is 13.9. The van der Waals surface area contributed by atoms with E-state index in [1.54, 1.807) is 0 Å². The summed E-state index contributed by atoms with van der Waals surface area (Å²) < 4.78 is 0. The molecule has 2 aliphatic heterocycles. The highest BCUT2D eigenvalue weighted by atomic mass is 16.2. The molecule has 3 unspecified atom stereocenters. The molecule has 3 aliphatic rings. The lowest BCUT2D eigenvalue weighted by Crippen LogP contribution is -2.51. The van der Waals surface area contributed by atoms with Crippen LogP contribution in [0.25, 0.3) is 0 Å². The predicted octanol–water partition coefficient (Wildman–Crippen LogP) is 1.45. The summed E-state index contributed by atoms with van der Waals surface area (Å²) >= 11 is 0. The maximum absolute atomic E-state index is 12.8. The molecule has 0 bridgehead atoms. The fourth-order valence-electron chi connectivity index (χ4n) is 4.44.